The lowest BCUT2D eigenvalue weighted by Gasteiger charge is -2.51. The topological polar surface area (TPSA) is 0 Å². The van der Waals surface area contributed by atoms with E-state index in [0.29, 0.717) is 0 Å². The van der Waals surface area contributed by atoms with Crippen molar-refractivity contribution in [3.8, 4) is 0 Å². The van der Waals surface area contributed by atoms with E-state index in [4.69, 9.17) is 0 Å². The first kappa shape index (κ1) is 22.2. The average molecular weight is 350 g/mol. The number of allylic oxidation sites excluding steroid dienone is 1. The molecule has 2 atom stereocenters. The van der Waals surface area contributed by atoms with E-state index in [1.165, 1.54) is 27.7 Å². The minimum absolute atomic E-state index is 0.0873. The fourth-order valence-electron chi connectivity index (χ4n) is 2.93. The van der Waals surface area contributed by atoms with Gasteiger partial charge in [0.15, 0.2) is 5.41 Å². The summed E-state index contributed by atoms with van der Waals surface area (Å²) in [5, 5.41) is 0. The normalized spacial score (nSPS) is 19.6. The van der Waals surface area contributed by atoms with Crippen molar-refractivity contribution in [2.24, 2.45) is 22.7 Å². The number of alkyl halides is 7. The first-order chi connectivity index (χ1) is 9.90. The summed E-state index contributed by atoms with van der Waals surface area (Å²) in [5.41, 5.74) is -8.30. The molecule has 0 saturated carbocycles. The monoisotopic (exact) mass is 350 g/mol. The highest BCUT2D eigenvalue weighted by Gasteiger charge is 2.71. The van der Waals surface area contributed by atoms with Gasteiger partial charge < -0.3 is 0 Å². The smallest absolute Gasteiger partial charge is 0.243 e. The highest BCUT2D eigenvalue weighted by Crippen LogP contribution is 2.61. The van der Waals surface area contributed by atoms with Crippen molar-refractivity contribution in [2.75, 3.05) is 0 Å². The maximum absolute atomic E-state index is 15.3. The zero-order chi connectivity index (χ0) is 19.1. The lowest BCUT2D eigenvalue weighted by molar-refractivity contribution is -0.346. The molecule has 7 heteroatoms. The van der Waals surface area contributed by atoms with Gasteiger partial charge in [0.2, 0.25) is 0 Å². The molecule has 0 aromatic rings. The van der Waals surface area contributed by atoms with Crippen LogP contribution in [0.25, 0.3) is 0 Å². The maximum Gasteiger partial charge on any atom is 0.402 e. The van der Waals surface area contributed by atoms with Crippen LogP contribution >= 0.6 is 0 Å². The highest BCUT2D eigenvalue weighted by atomic mass is 19.4. The Hall–Kier alpha value is -0.750. The molecule has 138 valence electrons. The Kier molecular flexibility index (Phi) is 6.08. The van der Waals surface area contributed by atoms with Crippen molar-refractivity contribution in [3.63, 3.8) is 0 Å². The summed E-state index contributed by atoms with van der Waals surface area (Å²) >= 11 is 0. The molecule has 0 aliphatic rings. The lowest BCUT2D eigenvalue weighted by atomic mass is 9.56. The minimum atomic E-state index is -5.55. The summed E-state index contributed by atoms with van der Waals surface area (Å²) in [6.45, 7) is 10.2. The van der Waals surface area contributed by atoms with Gasteiger partial charge in [0.1, 0.15) is 5.67 Å². The van der Waals surface area contributed by atoms with E-state index >= 15 is 4.39 Å². The summed E-state index contributed by atoms with van der Waals surface area (Å²) in [6, 6.07) is 0. The van der Waals surface area contributed by atoms with Crippen LogP contribution in [0.5, 0.6) is 0 Å². The van der Waals surface area contributed by atoms with Gasteiger partial charge >= 0.3 is 12.4 Å². The Morgan fingerprint density at radius 1 is 0.783 bits per heavy atom. The third kappa shape index (κ3) is 3.53. The molecule has 0 aliphatic carbocycles. The zero-order valence-electron chi connectivity index (χ0n) is 14.3. The van der Waals surface area contributed by atoms with E-state index in [1.54, 1.807) is 0 Å². The Balaban J connectivity index is 6.43. The molecular weight excluding hydrogens is 325 g/mol. The quantitative estimate of drug-likeness (QED) is 0.368. The van der Waals surface area contributed by atoms with Crippen LogP contribution in [-0.4, -0.2) is 18.0 Å². The van der Waals surface area contributed by atoms with Crippen LogP contribution in [0.3, 0.4) is 0 Å². The van der Waals surface area contributed by atoms with E-state index < -0.39 is 47.1 Å². The molecule has 0 nitrogen and oxygen atoms in total. The van der Waals surface area contributed by atoms with Gasteiger partial charge in [0.05, 0.1) is 0 Å². The summed E-state index contributed by atoms with van der Waals surface area (Å²) in [6.07, 6.45) is -11.6. The first-order valence-electron chi connectivity index (χ1n) is 7.36. The SMILES string of the molecule is C=CC(CC(C)(C(F)(F)F)C(F)(F)F)(C(C)C)C(C)(F)C(C)C. The van der Waals surface area contributed by atoms with Gasteiger partial charge in [-0.3, -0.25) is 0 Å². The lowest BCUT2D eigenvalue weighted by Crippen LogP contribution is -2.57. The highest BCUT2D eigenvalue weighted by molar-refractivity contribution is 5.13. The molecular formula is C16H25F7. The molecule has 0 spiro atoms. The Labute approximate surface area is 133 Å². The molecule has 0 fully saturated rings. The second-order valence-corrected chi connectivity index (χ2v) is 7.13. The maximum atomic E-state index is 15.3. The van der Waals surface area contributed by atoms with Gasteiger partial charge in [0.25, 0.3) is 0 Å². The molecule has 0 radical (unpaired) electrons. The fourth-order valence-corrected chi connectivity index (χ4v) is 2.93. The molecule has 0 heterocycles. The van der Waals surface area contributed by atoms with Crippen molar-refractivity contribution >= 4 is 0 Å². The van der Waals surface area contributed by atoms with Crippen molar-refractivity contribution in [3.05, 3.63) is 12.7 Å². The van der Waals surface area contributed by atoms with Gasteiger partial charge in [-0.05, 0) is 32.1 Å². The number of halogens is 7. The van der Waals surface area contributed by atoms with Crippen LogP contribution in [0.15, 0.2) is 12.7 Å². The van der Waals surface area contributed by atoms with Crippen LogP contribution < -0.4 is 0 Å². The summed E-state index contributed by atoms with van der Waals surface area (Å²) < 4.78 is 94.7. The van der Waals surface area contributed by atoms with Crippen molar-refractivity contribution < 1.29 is 30.7 Å². The average Bonchev–Trinajstić information content (AvgIpc) is 2.31. The fraction of sp³-hybridized carbons (Fsp3) is 0.875. The Morgan fingerprint density at radius 2 is 1.13 bits per heavy atom. The summed E-state index contributed by atoms with van der Waals surface area (Å²) in [7, 11) is 0. The molecule has 2 unspecified atom stereocenters. The van der Waals surface area contributed by atoms with Crippen LogP contribution in [0.1, 0.15) is 48.0 Å². The molecule has 0 bridgehead atoms. The summed E-state index contributed by atoms with van der Waals surface area (Å²) in [4.78, 5) is 0. The third-order valence-corrected chi connectivity index (χ3v) is 5.29. The van der Waals surface area contributed by atoms with Crippen molar-refractivity contribution in [1.82, 2.24) is 0 Å². The standard InChI is InChI=1S/C16H25F7/c1-8-14(11(4)5,13(7,17)10(2)3)9-12(6,15(18,19)20)16(21,22)23/h8,10-11H,1,9H2,2-7H3. The van der Waals surface area contributed by atoms with Gasteiger partial charge in [-0.2, -0.15) is 26.3 Å². The number of hydrogen-bond acceptors (Lipinski definition) is 0. The van der Waals surface area contributed by atoms with E-state index in [1.807, 2.05) is 0 Å². The molecule has 23 heavy (non-hydrogen) atoms. The van der Waals surface area contributed by atoms with Gasteiger partial charge in [0, 0.05) is 5.41 Å². The van der Waals surface area contributed by atoms with Crippen LogP contribution in [-0.2, 0) is 0 Å². The minimum Gasteiger partial charge on any atom is -0.243 e. The molecule has 0 aromatic heterocycles. The number of rotatable bonds is 6. The van der Waals surface area contributed by atoms with E-state index in [-0.39, 0.29) is 6.92 Å². The molecule has 0 aliphatic heterocycles. The van der Waals surface area contributed by atoms with Crippen molar-refractivity contribution in [1.29, 1.82) is 0 Å². The largest absolute Gasteiger partial charge is 0.402 e. The molecule has 0 aromatic carbocycles. The predicted octanol–water partition coefficient (Wildman–Crippen LogP) is 6.72. The summed E-state index contributed by atoms with van der Waals surface area (Å²) in [5.74, 6) is -1.59. The molecule has 0 N–H and O–H groups in total. The zero-order valence-corrected chi connectivity index (χ0v) is 14.3. The third-order valence-electron chi connectivity index (χ3n) is 5.29. The first-order valence-corrected chi connectivity index (χ1v) is 7.36. The van der Waals surface area contributed by atoms with E-state index in [2.05, 4.69) is 6.58 Å². The van der Waals surface area contributed by atoms with Crippen LogP contribution in [0, 0.1) is 22.7 Å². The molecule has 0 amide bonds. The molecule has 0 saturated heterocycles. The van der Waals surface area contributed by atoms with E-state index in [9.17, 15) is 26.3 Å². The Morgan fingerprint density at radius 3 is 1.30 bits per heavy atom. The van der Waals surface area contributed by atoms with Gasteiger partial charge in [-0.1, -0.05) is 33.8 Å². The number of hydrogen-bond donors (Lipinski definition) is 0. The van der Waals surface area contributed by atoms with E-state index in [0.717, 1.165) is 13.0 Å². The Bertz CT molecular complexity index is 401. The molecule has 0 rings (SSSR count). The van der Waals surface area contributed by atoms with Gasteiger partial charge in [-0.15, -0.1) is 6.58 Å². The second-order valence-electron chi connectivity index (χ2n) is 7.13. The van der Waals surface area contributed by atoms with Crippen LogP contribution in [0.4, 0.5) is 30.7 Å². The predicted molar refractivity (Wildman–Crippen MR) is 76.7 cm³/mol. The van der Waals surface area contributed by atoms with Crippen LogP contribution in [0.2, 0.25) is 0 Å². The van der Waals surface area contributed by atoms with Gasteiger partial charge in [-0.25, -0.2) is 4.39 Å². The second kappa shape index (κ2) is 6.28. The van der Waals surface area contributed by atoms with Crippen molar-refractivity contribution in [2.45, 2.75) is 66.0 Å².